The van der Waals surface area contributed by atoms with Gasteiger partial charge in [0.05, 0.1) is 11.4 Å². The monoisotopic (exact) mass is 463 g/mol. The number of hydrogen-bond acceptors (Lipinski definition) is 9. The molecule has 1 amide bonds. The molecule has 0 fully saturated rings. The first-order chi connectivity index (χ1) is 16.2. The molecule has 0 unspecified atom stereocenters. The molecule has 1 N–H and O–H groups in total. The first kappa shape index (κ1) is 19.7. The van der Waals surface area contributed by atoms with E-state index in [-0.39, 0.29) is 18.5 Å². The van der Waals surface area contributed by atoms with Crippen molar-refractivity contribution in [3.8, 4) is 34.3 Å². The van der Waals surface area contributed by atoms with Crippen LogP contribution in [0.15, 0.2) is 53.7 Å². The Kier molecular flexibility index (Phi) is 4.87. The number of anilines is 1. The van der Waals surface area contributed by atoms with Crippen LogP contribution in [0.4, 0.5) is 5.69 Å². The molecule has 0 aliphatic carbocycles. The zero-order valence-corrected chi connectivity index (χ0v) is 18.0. The van der Waals surface area contributed by atoms with E-state index in [1.807, 2.05) is 30.3 Å². The molecule has 4 heterocycles. The molecular weight excluding hydrogens is 446 g/mol. The zero-order valence-electron chi connectivity index (χ0n) is 17.2. The molecule has 4 aromatic rings. The largest absolute Gasteiger partial charge is 0.486 e. The lowest BCUT2D eigenvalue weighted by molar-refractivity contribution is -0.113. The third-order valence-corrected chi connectivity index (χ3v) is 5.98. The van der Waals surface area contributed by atoms with Gasteiger partial charge >= 0.3 is 0 Å². The number of ether oxygens (including phenoxy) is 4. The highest BCUT2D eigenvalue weighted by Crippen LogP contribution is 2.35. The summed E-state index contributed by atoms with van der Waals surface area (Å²) >= 11 is 1.25. The average Bonchev–Trinajstić information content (AvgIpc) is 3.48. The minimum absolute atomic E-state index is 0.144. The maximum absolute atomic E-state index is 12.5. The number of carbonyl (C=O) groups is 1. The van der Waals surface area contributed by atoms with E-state index in [0.29, 0.717) is 52.7 Å². The van der Waals surface area contributed by atoms with Crippen LogP contribution in [0.5, 0.6) is 23.0 Å². The van der Waals surface area contributed by atoms with Crippen molar-refractivity contribution in [3.63, 3.8) is 0 Å². The molecule has 2 aliphatic heterocycles. The van der Waals surface area contributed by atoms with Gasteiger partial charge in [0.2, 0.25) is 17.9 Å². The number of benzene rings is 2. The SMILES string of the molecule is O=C(CSc1nnc2ccc(-c3ccc4c(c3)OCO4)nn12)Nc1ccc2c(c1)OCCO2. The number of amides is 1. The van der Waals surface area contributed by atoms with Crippen LogP contribution in [-0.2, 0) is 4.79 Å². The molecule has 11 heteroatoms. The number of aromatic nitrogens is 4. The summed E-state index contributed by atoms with van der Waals surface area (Å²) in [6.45, 7) is 1.22. The molecule has 166 valence electrons. The number of carbonyl (C=O) groups excluding carboxylic acids is 1. The number of hydrogen-bond donors (Lipinski definition) is 1. The molecule has 0 saturated carbocycles. The molecule has 0 spiro atoms. The first-order valence-corrected chi connectivity index (χ1v) is 11.2. The normalized spacial score (nSPS) is 13.8. The summed E-state index contributed by atoms with van der Waals surface area (Å²) < 4.78 is 23.5. The maximum Gasteiger partial charge on any atom is 0.234 e. The van der Waals surface area contributed by atoms with Gasteiger partial charge in [0, 0.05) is 17.3 Å². The molecule has 2 aromatic carbocycles. The van der Waals surface area contributed by atoms with Crippen LogP contribution in [0.25, 0.3) is 16.9 Å². The van der Waals surface area contributed by atoms with E-state index in [2.05, 4.69) is 20.6 Å². The summed E-state index contributed by atoms with van der Waals surface area (Å²) in [5.41, 5.74) is 2.83. The van der Waals surface area contributed by atoms with Gasteiger partial charge in [0.15, 0.2) is 28.6 Å². The fourth-order valence-corrected chi connectivity index (χ4v) is 4.20. The van der Waals surface area contributed by atoms with Crippen molar-refractivity contribution < 1.29 is 23.7 Å². The van der Waals surface area contributed by atoms with E-state index in [0.717, 1.165) is 11.3 Å². The van der Waals surface area contributed by atoms with E-state index in [1.54, 1.807) is 22.7 Å². The predicted octanol–water partition coefficient (Wildman–Crippen LogP) is 3.02. The molecule has 0 radical (unpaired) electrons. The molecule has 0 bridgehead atoms. The van der Waals surface area contributed by atoms with Crippen molar-refractivity contribution in [3.05, 3.63) is 48.5 Å². The Labute approximate surface area is 191 Å². The van der Waals surface area contributed by atoms with Gasteiger partial charge in [-0.25, -0.2) is 0 Å². The second kappa shape index (κ2) is 8.17. The Morgan fingerprint density at radius 1 is 0.909 bits per heavy atom. The van der Waals surface area contributed by atoms with Gasteiger partial charge in [0.25, 0.3) is 0 Å². The van der Waals surface area contributed by atoms with Crippen molar-refractivity contribution in [1.29, 1.82) is 0 Å². The number of fused-ring (bicyclic) bond motifs is 3. The van der Waals surface area contributed by atoms with Crippen LogP contribution < -0.4 is 24.3 Å². The van der Waals surface area contributed by atoms with Crippen molar-refractivity contribution >= 4 is 29.0 Å². The summed E-state index contributed by atoms with van der Waals surface area (Å²) in [6, 6.07) is 14.7. The zero-order chi connectivity index (χ0) is 22.2. The Hall–Kier alpha value is -3.99. The van der Waals surface area contributed by atoms with Crippen molar-refractivity contribution in [2.75, 3.05) is 31.1 Å². The molecule has 2 aliphatic rings. The minimum atomic E-state index is -0.180. The van der Waals surface area contributed by atoms with Crippen LogP contribution in [0.1, 0.15) is 0 Å². The number of rotatable bonds is 5. The van der Waals surface area contributed by atoms with Gasteiger partial charge in [-0.1, -0.05) is 11.8 Å². The Morgan fingerprint density at radius 2 is 1.70 bits per heavy atom. The minimum Gasteiger partial charge on any atom is -0.486 e. The number of thioether (sulfide) groups is 1. The van der Waals surface area contributed by atoms with Gasteiger partial charge < -0.3 is 24.3 Å². The van der Waals surface area contributed by atoms with Crippen LogP contribution in [0.2, 0.25) is 0 Å². The van der Waals surface area contributed by atoms with Crippen molar-refractivity contribution in [2.24, 2.45) is 0 Å². The summed E-state index contributed by atoms with van der Waals surface area (Å²) in [7, 11) is 0. The van der Waals surface area contributed by atoms with Gasteiger partial charge in [0.1, 0.15) is 13.2 Å². The maximum atomic E-state index is 12.5. The fraction of sp³-hybridized carbons (Fsp3) is 0.182. The van der Waals surface area contributed by atoms with Crippen LogP contribution in [0.3, 0.4) is 0 Å². The second-order valence-electron chi connectivity index (χ2n) is 7.23. The van der Waals surface area contributed by atoms with Gasteiger partial charge in [-0.2, -0.15) is 9.61 Å². The van der Waals surface area contributed by atoms with E-state index in [4.69, 9.17) is 18.9 Å². The van der Waals surface area contributed by atoms with Gasteiger partial charge in [-0.15, -0.1) is 10.2 Å². The van der Waals surface area contributed by atoms with Crippen molar-refractivity contribution in [2.45, 2.75) is 5.16 Å². The molecule has 0 atom stereocenters. The molecule has 33 heavy (non-hydrogen) atoms. The highest BCUT2D eigenvalue weighted by Gasteiger charge is 2.17. The molecular formula is C22H17N5O5S. The first-order valence-electron chi connectivity index (χ1n) is 10.2. The highest BCUT2D eigenvalue weighted by molar-refractivity contribution is 7.99. The smallest absolute Gasteiger partial charge is 0.234 e. The summed E-state index contributed by atoms with van der Waals surface area (Å²) in [6.07, 6.45) is 0. The van der Waals surface area contributed by atoms with E-state index in [9.17, 15) is 4.79 Å². The summed E-state index contributed by atoms with van der Waals surface area (Å²) in [5, 5.41) is 16.4. The lowest BCUT2D eigenvalue weighted by Gasteiger charge is -2.18. The quantitative estimate of drug-likeness (QED) is 0.447. The van der Waals surface area contributed by atoms with Crippen LogP contribution in [-0.4, -0.2) is 51.5 Å². The van der Waals surface area contributed by atoms with E-state index in [1.165, 1.54) is 11.8 Å². The topological polar surface area (TPSA) is 109 Å². The van der Waals surface area contributed by atoms with Crippen LogP contribution in [0, 0.1) is 0 Å². The number of nitrogens with one attached hydrogen (secondary N) is 1. The standard InChI is InChI=1S/C22H17N5O5S/c28-21(23-14-2-5-16-19(10-14)30-8-7-29-16)11-33-22-25-24-20-6-3-15(26-27(20)22)13-1-4-17-18(9-13)32-12-31-17/h1-6,9-10H,7-8,11-12H2,(H,23,28). The van der Waals surface area contributed by atoms with E-state index < -0.39 is 0 Å². The highest BCUT2D eigenvalue weighted by atomic mass is 32.2. The van der Waals surface area contributed by atoms with Crippen LogP contribution >= 0.6 is 11.8 Å². The molecule has 2 aromatic heterocycles. The van der Waals surface area contributed by atoms with Gasteiger partial charge in [-0.3, -0.25) is 4.79 Å². The molecule has 10 nitrogen and oxygen atoms in total. The predicted molar refractivity (Wildman–Crippen MR) is 119 cm³/mol. The van der Waals surface area contributed by atoms with Crippen molar-refractivity contribution in [1.82, 2.24) is 19.8 Å². The third kappa shape index (κ3) is 3.87. The third-order valence-electron chi connectivity index (χ3n) is 5.06. The lowest BCUT2D eigenvalue weighted by Crippen LogP contribution is -2.17. The molecule has 0 saturated heterocycles. The summed E-state index contributed by atoms with van der Waals surface area (Å²) in [4.78, 5) is 12.5. The summed E-state index contributed by atoms with van der Waals surface area (Å²) in [5.74, 6) is 2.65. The fourth-order valence-electron chi connectivity index (χ4n) is 3.52. The second-order valence-corrected chi connectivity index (χ2v) is 8.18. The number of nitrogens with zero attached hydrogens (tertiary/aromatic N) is 4. The Balaban J connectivity index is 1.17. The van der Waals surface area contributed by atoms with Gasteiger partial charge in [-0.05, 0) is 42.5 Å². The lowest BCUT2D eigenvalue weighted by atomic mass is 10.1. The molecule has 6 rings (SSSR count). The average molecular weight is 463 g/mol. The van der Waals surface area contributed by atoms with E-state index >= 15 is 0 Å². The Bertz CT molecular complexity index is 1370. The Morgan fingerprint density at radius 3 is 2.64 bits per heavy atom.